The smallest absolute Gasteiger partial charge is 0.408 e. The van der Waals surface area contributed by atoms with Gasteiger partial charge in [-0.05, 0) is 45.9 Å². The Balaban J connectivity index is 1.82. The fourth-order valence-electron chi connectivity index (χ4n) is 2.60. The second kappa shape index (κ2) is 6.90. The topological polar surface area (TPSA) is 107 Å². The Kier molecular flexibility index (Phi) is 4.77. The maximum Gasteiger partial charge on any atom is 0.408 e. The van der Waals surface area contributed by atoms with Crippen LogP contribution in [0, 0.1) is 6.92 Å². The summed E-state index contributed by atoms with van der Waals surface area (Å²) in [6.07, 6.45) is -0.675. The van der Waals surface area contributed by atoms with Crippen molar-refractivity contribution < 1.29 is 23.6 Å². The van der Waals surface area contributed by atoms with E-state index >= 15 is 0 Å². The van der Waals surface area contributed by atoms with Crippen molar-refractivity contribution in [3.8, 4) is 17.2 Å². The number of carbonyl (C=O) groups excluding carboxylic acids is 2. The minimum atomic E-state index is -0.869. The van der Waals surface area contributed by atoms with Gasteiger partial charge in [-0.2, -0.15) is 4.98 Å². The molecule has 2 amide bonds. The number of aryl methyl sites for hydroxylation is 1. The number of fused-ring (bicyclic) bond motifs is 1. The van der Waals surface area contributed by atoms with Crippen LogP contribution in [-0.2, 0) is 9.53 Å². The molecule has 0 fully saturated rings. The molecule has 9 heteroatoms. The van der Waals surface area contributed by atoms with Crippen LogP contribution in [0.25, 0.3) is 11.5 Å². The lowest BCUT2D eigenvalue weighted by Crippen LogP contribution is -2.50. The molecular formula is C18H22N4O5. The van der Waals surface area contributed by atoms with Gasteiger partial charge in [0.15, 0.2) is 5.82 Å². The van der Waals surface area contributed by atoms with Crippen LogP contribution in [0.15, 0.2) is 22.7 Å². The zero-order chi connectivity index (χ0) is 19.8. The van der Waals surface area contributed by atoms with Gasteiger partial charge in [-0.1, -0.05) is 5.16 Å². The van der Waals surface area contributed by atoms with Crippen LogP contribution in [-0.4, -0.2) is 47.4 Å². The molecule has 1 N–H and O–H groups in total. The number of carbonyl (C=O) groups is 2. The molecule has 3 rings (SSSR count). The van der Waals surface area contributed by atoms with Crippen molar-refractivity contribution in [3.05, 3.63) is 24.0 Å². The van der Waals surface area contributed by atoms with Gasteiger partial charge in [0, 0.05) is 12.6 Å². The molecule has 1 aromatic heterocycles. The normalized spacial score (nSPS) is 17.0. The largest absolute Gasteiger partial charge is 0.489 e. The first-order valence-corrected chi connectivity index (χ1v) is 8.48. The standard InChI is InChI=1S/C18H22N4O5/c1-10-19-15(27-21-10)11-6-7-14-13(8-11)22(5)16(23)12(9-25-14)20-17(24)26-18(2,3)4/h6-8,12H,9H2,1-5H3,(H,20,24)/t12-/m0/s1. The van der Waals surface area contributed by atoms with Crippen LogP contribution in [0.3, 0.4) is 0 Å². The Hall–Kier alpha value is -3.10. The highest BCUT2D eigenvalue weighted by Gasteiger charge is 2.32. The van der Waals surface area contributed by atoms with Gasteiger partial charge in [-0.3, -0.25) is 4.79 Å². The fourth-order valence-corrected chi connectivity index (χ4v) is 2.60. The van der Waals surface area contributed by atoms with Crippen molar-refractivity contribution in [2.24, 2.45) is 0 Å². The van der Waals surface area contributed by atoms with Crippen LogP contribution in [0.5, 0.6) is 5.75 Å². The Bertz CT molecular complexity index is 871. The van der Waals surface area contributed by atoms with E-state index in [0.29, 0.717) is 28.7 Å². The first kappa shape index (κ1) is 18.7. The molecule has 0 saturated carbocycles. The highest BCUT2D eigenvalue weighted by Crippen LogP contribution is 2.34. The van der Waals surface area contributed by atoms with Crippen molar-refractivity contribution in [2.75, 3.05) is 18.6 Å². The molecule has 0 spiro atoms. The molecule has 0 unspecified atom stereocenters. The molecule has 0 bridgehead atoms. The summed E-state index contributed by atoms with van der Waals surface area (Å²) >= 11 is 0. The summed E-state index contributed by atoms with van der Waals surface area (Å²) in [4.78, 5) is 30.4. The molecule has 1 aliphatic rings. The summed E-state index contributed by atoms with van der Waals surface area (Å²) in [5.41, 5.74) is 0.544. The molecule has 1 atom stereocenters. The third-order valence-electron chi connectivity index (χ3n) is 3.82. The summed E-state index contributed by atoms with van der Waals surface area (Å²) in [6.45, 7) is 6.97. The van der Waals surface area contributed by atoms with E-state index in [-0.39, 0.29) is 12.5 Å². The monoisotopic (exact) mass is 374 g/mol. The Labute approximate surface area is 156 Å². The van der Waals surface area contributed by atoms with Crippen molar-refractivity contribution in [1.29, 1.82) is 0 Å². The van der Waals surface area contributed by atoms with Gasteiger partial charge in [-0.15, -0.1) is 0 Å². The van der Waals surface area contributed by atoms with Gasteiger partial charge in [0.2, 0.25) is 0 Å². The summed E-state index contributed by atoms with van der Waals surface area (Å²) in [7, 11) is 1.61. The Morgan fingerprint density at radius 3 is 2.74 bits per heavy atom. The maximum absolute atomic E-state index is 12.8. The summed E-state index contributed by atoms with van der Waals surface area (Å²) in [5, 5.41) is 6.33. The zero-order valence-corrected chi connectivity index (χ0v) is 15.9. The average molecular weight is 374 g/mol. The molecule has 9 nitrogen and oxygen atoms in total. The first-order chi connectivity index (χ1) is 12.6. The van der Waals surface area contributed by atoms with E-state index in [4.69, 9.17) is 14.0 Å². The van der Waals surface area contributed by atoms with E-state index in [1.807, 2.05) is 0 Å². The van der Waals surface area contributed by atoms with Gasteiger partial charge >= 0.3 is 6.09 Å². The Morgan fingerprint density at radius 2 is 2.11 bits per heavy atom. The molecule has 144 valence electrons. The van der Waals surface area contributed by atoms with Gasteiger partial charge in [0.25, 0.3) is 11.8 Å². The number of amides is 2. The second-order valence-electron chi connectivity index (χ2n) is 7.24. The van der Waals surface area contributed by atoms with E-state index in [1.54, 1.807) is 52.9 Å². The van der Waals surface area contributed by atoms with Gasteiger partial charge in [-0.25, -0.2) is 4.79 Å². The number of nitrogens with one attached hydrogen (secondary N) is 1. The molecule has 0 saturated heterocycles. The van der Waals surface area contributed by atoms with Crippen LogP contribution in [0.1, 0.15) is 26.6 Å². The van der Waals surface area contributed by atoms with E-state index in [9.17, 15) is 9.59 Å². The second-order valence-corrected chi connectivity index (χ2v) is 7.24. The van der Waals surface area contributed by atoms with E-state index < -0.39 is 17.7 Å². The minimum Gasteiger partial charge on any atom is -0.489 e. The van der Waals surface area contributed by atoms with Gasteiger partial charge in [0.1, 0.15) is 24.0 Å². The number of hydrogen-bond donors (Lipinski definition) is 1. The van der Waals surface area contributed by atoms with E-state index in [1.165, 1.54) is 4.90 Å². The lowest BCUT2D eigenvalue weighted by Gasteiger charge is -2.23. The lowest BCUT2D eigenvalue weighted by atomic mass is 10.1. The molecule has 0 aliphatic carbocycles. The first-order valence-electron chi connectivity index (χ1n) is 8.48. The van der Waals surface area contributed by atoms with E-state index in [0.717, 1.165) is 0 Å². The van der Waals surface area contributed by atoms with Crippen LogP contribution in [0.4, 0.5) is 10.5 Å². The predicted octanol–water partition coefficient (Wildman–Crippen LogP) is 2.29. The number of anilines is 1. The number of alkyl carbamates (subject to hydrolysis) is 1. The predicted molar refractivity (Wildman–Crippen MR) is 96.5 cm³/mol. The molecule has 2 aromatic rings. The van der Waals surface area contributed by atoms with E-state index in [2.05, 4.69) is 15.5 Å². The summed E-state index contributed by atoms with van der Waals surface area (Å²) < 4.78 is 16.1. The highest BCUT2D eigenvalue weighted by atomic mass is 16.6. The third kappa shape index (κ3) is 4.18. The molecule has 0 radical (unpaired) electrons. The summed E-state index contributed by atoms with van der Waals surface area (Å²) in [6, 6.07) is 4.36. The molecule has 1 aromatic carbocycles. The SMILES string of the molecule is Cc1noc(-c2ccc3c(c2)N(C)C(=O)[C@@H](NC(=O)OC(C)(C)C)CO3)n1. The number of aromatic nitrogens is 2. The molecule has 1 aliphatic heterocycles. The molecule has 27 heavy (non-hydrogen) atoms. The van der Waals surface area contributed by atoms with Gasteiger partial charge in [0.05, 0.1) is 5.69 Å². The number of nitrogens with zero attached hydrogens (tertiary/aromatic N) is 3. The molecule has 2 heterocycles. The van der Waals surface area contributed by atoms with Crippen LogP contribution < -0.4 is 15.0 Å². The number of benzene rings is 1. The Morgan fingerprint density at radius 1 is 1.37 bits per heavy atom. The van der Waals surface area contributed by atoms with Crippen molar-refractivity contribution in [2.45, 2.75) is 39.3 Å². The molecular weight excluding hydrogens is 352 g/mol. The number of likely N-dealkylation sites (N-methyl/N-ethyl adjacent to an activating group) is 1. The zero-order valence-electron chi connectivity index (χ0n) is 15.9. The van der Waals surface area contributed by atoms with Crippen LogP contribution >= 0.6 is 0 Å². The minimum absolute atomic E-state index is 0.00553. The van der Waals surface area contributed by atoms with Crippen LogP contribution in [0.2, 0.25) is 0 Å². The maximum atomic E-state index is 12.8. The highest BCUT2D eigenvalue weighted by molar-refractivity contribution is 6.00. The quantitative estimate of drug-likeness (QED) is 0.859. The number of rotatable bonds is 2. The number of hydrogen-bond acceptors (Lipinski definition) is 7. The van der Waals surface area contributed by atoms with Gasteiger partial charge < -0.3 is 24.2 Å². The van der Waals surface area contributed by atoms with Crippen molar-refractivity contribution >= 4 is 17.7 Å². The average Bonchev–Trinajstić information content (AvgIpc) is 2.97. The van der Waals surface area contributed by atoms with Crippen molar-refractivity contribution in [3.63, 3.8) is 0 Å². The fraction of sp³-hybridized carbons (Fsp3) is 0.444. The lowest BCUT2D eigenvalue weighted by molar-refractivity contribution is -0.120. The number of ether oxygens (including phenoxy) is 2. The van der Waals surface area contributed by atoms with Crippen molar-refractivity contribution in [1.82, 2.24) is 15.5 Å². The summed E-state index contributed by atoms with van der Waals surface area (Å²) in [5.74, 6) is 1.06. The third-order valence-corrected chi connectivity index (χ3v) is 3.82.